The molecule has 0 spiro atoms. The summed E-state index contributed by atoms with van der Waals surface area (Å²) in [6, 6.07) is 8.49. The summed E-state index contributed by atoms with van der Waals surface area (Å²) >= 11 is 0. The zero-order chi connectivity index (χ0) is 29.7. The Morgan fingerprint density at radius 3 is 2.54 bits per heavy atom. The fourth-order valence-electron chi connectivity index (χ4n) is 4.69. The maximum atomic E-state index is 13.3. The number of likely N-dealkylation sites (tertiary alicyclic amines) is 1. The van der Waals surface area contributed by atoms with E-state index in [9.17, 15) is 27.9 Å². The lowest BCUT2D eigenvalue weighted by Gasteiger charge is -2.25. The Kier molecular flexibility index (Phi) is 9.03. The second kappa shape index (κ2) is 12.5. The van der Waals surface area contributed by atoms with E-state index < -0.39 is 34.1 Å². The predicted molar refractivity (Wildman–Crippen MR) is 150 cm³/mol. The predicted octanol–water partition coefficient (Wildman–Crippen LogP) is 2.72. The first-order valence-corrected chi connectivity index (χ1v) is 14.8. The molecule has 4 rings (SSSR count). The largest absolute Gasteiger partial charge is 0.480 e. The Bertz CT molecular complexity index is 1520. The molecule has 1 aliphatic heterocycles. The fourth-order valence-corrected chi connectivity index (χ4v) is 5.39. The summed E-state index contributed by atoms with van der Waals surface area (Å²) in [7, 11) is -3.76. The number of pyridine rings is 1. The van der Waals surface area contributed by atoms with Crippen molar-refractivity contribution in [3.63, 3.8) is 0 Å². The van der Waals surface area contributed by atoms with Gasteiger partial charge in [0.15, 0.2) is 5.89 Å². The normalized spacial score (nSPS) is 17.7. The van der Waals surface area contributed by atoms with Crippen LogP contribution in [-0.2, 0) is 32.5 Å². The summed E-state index contributed by atoms with van der Waals surface area (Å²) in [6.45, 7) is 4.36. The van der Waals surface area contributed by atoms with Gasteiger partial charge < -0.3 is 25.1 Å². The number of nitrogens with one attached hydrogen (secondary N) is 3. The summed E-state index contributed by atoms with van der Waals surface area (Å²) in [5.41, 5.74) is 2.62. The first-order chi connectivity index (χ1) is 19.4. The van der Waals surface area contributed by atoms with E-state index in [1.165, 1.54) is 12.4 Å². The molecule has 1 aliphatic rings. The maximum absolute atomic E-state index is 13.3. The Morgan fingerprint density at radius 1 is 1.12 bits per heavy atom. The highest BCUT2D eigenvalue weighted by Gasteiger charge is 2.38. The molecule has 0 radical (unpaired) electrons. The van der Waals surface area contributed by atoms with Crippen LogP contribution in [0.1, 0.15) is 42.3 Å². The highest BCUT2D eigenvalue weighted by atomic mass is 32.2. The summed E-state index contributed by atoms with van der Waals surface area (Å²) < 4.78 is 30.9. The van der Waals surface area contributed by atoms with Gasteiger partial charge in [0.25, 0.3) is 0 Å². The molecule has 1 aromatic carbocycles. The minimum Gasteiger partial charge on any atom is -0.480 e. The van der Waals surface area contributed by atoms with Crippen molar-refractivity contribution in [2.24, 2.45) is 5.92 Å². The molecule has 3 unspecified atom stereocenters. The number of carbonyl (C=O) groups is 3. The lowest BCUT2D eigenvalue weighted by atomic mass is 10.0. The van der Waals surface area contributed by atoms with Crippen molar-refractivity contribution in [2.75, 3.05) is 23.4 Å². The quantitative estimate of drug-likeness (QED) is 0.278. The van der Waals surface area contributed by atoms with E-state index in [4.69, 9.17) is 4.42 Å². The van der Waals surface area contributed by atoms with E-state index in [0.717, 1.165) is 18.2 Å². The summed E-state index contributed by atoms with van der Waals surface area (Å²) in [5.74, 6) is -1.04. The lowest BCUT2D eigenvalue weighted by molar-refractivity contribution is -0.139. The number of nitrogens with zero attached hydrogens (tertiary/aromatic N) is 3. The number of para-hydroxylation sites is 1. The number of aliphatic carboxylic acids is 1. The van der Waals surface area contributed by atoms with Crippen LogP contribution in [0.3, 0.4) is 0 Å². The molecule has 218 valence electrons. The van der Waals surface area contributed by atoms with Crippen LogP contribution >= 0.6 is 0 Å². The molecule has 4 N–H and O–H groups in total. The number of aryl methyl sites for hydroxylation is 1. The average Bonchev–Trinajstić information content (AvgIpc) is 3.51. The van der Waals surface area contributed by atoms with E-state index in [1.807, 2.05) is 36.8 Å². The second-order valence-corrected chi connectivity index (χ2v) is 11.8. The highest BCUT2D eigenvalue weighted by Crippen LogP contribution is 2.37. The number of hydrogen-bond donors (Lipinski definition) is 4. The van der Waals surface area contributed by atoms with Gasteiger partial charge in [-0.15, -0.1) is 0 Å². The molecule has 0 aliphatic carbocycles. The van der Waals surface area contributed by atoms with Gasteiger partial charge in [-0.3, -0.25) is 14.6 Å². The molecule has 14 heteroatoms. The third-order valence-electron chi connectivity index (χ3n) is 6.72. The van der Waals surface area contributed by atoms with E-state index in [0.29, 0.717) is 29.4 Å². The maximum Gasteiger partial charge on any atom is 0.323 e. The van der Waals surface area contributed by atoms with Crippen molar-refractivity contribution in [1.82, 2.24) is 19.6 Å². The van der Waals surface area contributed by atoms with Gasteiger partial charge in [-0.05, 0) is 43.0 Å². The number of benzene rings is 1. The SMILES string of the molecule is Cc1ccccc1NC(=O)Nc1ccc(CC(=O)N2CCC(C)C2c2cnc(CC(NS(C)(=O)=O)C(=O)O)o2)nc1. The lowest BCUT2D eigenvalue weighted by Crippen LogP contribution is -2.41. The highest BCUT2D eigenvalue weighted by molar-refractivity contribution is 7.88. The number of carbonyl (C=O) groups excluding carboxylic acids is 2. The molecular weight excluding hydrogens is 552 g/mol. The Balaban J connectivity index is 1.37. The molecular formula is C27H32N6O7S. The third-order valence-corrected chi connectivity index (χ3v) is 7.44. The standard InChI is InChI=1S/C27H32N6O7S/c1-16-6-4-5-7-20(16)31-27(37)30-19-9-8-18(28-14-19)12-24(34)33-11-10-17(2)25(33)22-15-29-23(40-22)13-21(26(35)36)32-41(3,38)39/h4-9,14-15,17,21,25,32H,10-13H2,1-3H3,(H,35,36)(H2,30,31,37). The number of oxazole rings is 1. The van der Waals surface area contributed by atoms with E-state index >= 15 is 0 Å². The van der Waals surface area contributed by atoms with Crippen molar-refractivity contribution in [3.8, 4) is 0 Å². The van der Waals surface area contributed by atoms with Crippen LogP contribution in [0.4, 0.5) is 16.2 Å². The zero-order valence-corrected chi connectivity index (χ0v) is 23.6. The van der Waals surface area contributed by atoms with E-state index in [1.54, 1.807) is 23.1 Å². The smallest absolute Gasteiger partial charge is 0.323 e. The van der Waals surface area contributed by atoms with Crippen LogP contribution in [0, 0.1) is 12.8 Å². The Morgan fingerprint density at radius 2 is 1.88 bits per heavy atom. The molecule has 3 amide bonds. The topological polar surface area (TPSA) is 184 Å². The first-order valence-electron chi connectivity index (χ1n) is 12.9. The molecule has 0 saturated carbocycles. The number of carboxylic acid groups (broad SMARTS) is 1. The van der Waals surface area contributed by atoms with Crippen molar-refractivity contribution in [3.05, 3.63) is 71.7 Å². The minimum atomic E-state index is -3.76. The van der Waals surface area contributed by atoms with Gasteiger partial charge in [-0.1, -0.05) is 25.1 Å². The summed E-state index contributed by atoms with van der Waals surface area (Å²) in [5, 5.41) is 14.9. The van der Waals surface area contributed by atoms with E-state index in [-0.39, 0.29) is 30.6 Å². The van der Waals surface area contributed by atoms with Gasteiger partial charge in [-0.25, -0.2) is 22.9 Å². The number of aromatic nitrogens is 2. The molecule has 0 bridgehead atoms. The first kappa shape index (κ1) is 29.7. The van der Waals surface area contributed by atoms with Gasteiger partial charge >= 0.3 is 12.0 Å². The fraction of sp³-hybridized carbons (Fsp3) is 0.370. The molecule has 41 heavy (non-hydrogen) atoms. The third kappa shape index (κ3) is 7.89. The van der Waals surface area contributed by atoms with Crippen molar-refractivity contribution >= 4 is 39.3 Å². The van der Waals surface area contributed by atoms with Crippen LogP contribution in [0.15, 0.2) is 53.2 Å². The van der Waals surface area contributed by atoms with Crippen molar-refractivity contribution in [2.45, 2.75) is 45.2 Å². The molecule has 3 heterocycles. The number of carboxylic acids is 1. The van der Waals surface area contributed by atoms with Crippen LogP contribution in [0.5, 0.6) is 0 Å². The van der Waals surface area contributed by atoms with E-state index in [2.05, 4.69) is 20.6 Å². The number of hydrogen-bond acceptors (Lipinski definition) is 8. The molecule has 13 nitrogen and oxygen atoms in total. The molecule has 3 aromatic rings. The average molecular weight is 585 g/mol. The minimum absolute atomic E-state index is 0.0271. The molecule has 3 atom stereocenters. The Hall–Kier alpha value is -4.30. The summed E-state index contributed by atoms with van der Waals surface area (Å²) in [4.78, 5) is 47.2. The van der Waals surface area contributed by atoms with Crippen LogP contribution in [0.2, 0.25) is 0 Å². The zero-order valence-electron chi connectivity index (χ0n) is 22.8. The van der Waals surface area contributed by atoms with Gasteiger partial charge in [0, 0.05) is 17.9 Å². The number of anilines is 2. The number of rotatable bonds is 10. The molecule has 2 aromatic heterocycles. The van der Waals surface area contributed by atoms with Crippen LogP contribution < -0.4 is 15.4 Å². The van der Waals surface area contributed by atoms with Gasteiger partial charge in [0.2, 0.25) is 15.9 Å². The van der Waals surface area contributed by atoms with Crippen molar-refractivity contribution < 1.29 is 32.3 Å². The molecule has 1 saturated heterocycles. The van der Waals surface area contributed by atoms with Crippen LogP contribution in [0.25, 0.3) is 0 Å². The van der Waals surface area contributed by atoms with Crippen molar-refractivity contribution in [1.29, 1.82) is 0 Å². The number of urea groups is 1. The number of amides is 3. The van der Waals surface area contributed by atoms with Gasteiger partial charge in [0.1, 0.15) is 11.8 Å². The monoisotopic (exact) mass is 584 g/mol. The van der Waals surface area contributed by atoms with Gasteiger partial charge in [-0.2, -0.15) is 0 Å². The molecule has 1 fully saturated rings. The van der Waals surface area contributed by atoms with Crippen LogP contribution in [-0.4, -0.2) is 65.1 Å². The Labute approximate surface area is 237 Å². The number of sulfonamides is 1. The van der Waals surface area contributed by atoms with Gasteiger partial charge in [0.05, 0.1) is 43.2 Å². The summed E-state index contributed by atoms with van der Waals surface area (Å²) in [6.07, 6.45) is 4.27. The second-order valence-electron chi connectivity index (χ2n) is 10.0.